The van der Waals surface area contributed by atoms with Gasteiger partial charge in [0.25, 0.3) is 0 Å². The summed E-state index contributed by atoms with van der Waals surface area (Å²) in [7, 11) is 0. The lowest BCUT2D eigenvalue weighted by Gasteiger charge is -2.28. The number of rotatable bonds is 2. The van der Waals surface area contributed by atoms with Crippen LogP contribution in [0.25, 0.3) is 0 Å². The van der Waals surface area contributed by atoms with Gasteiger partial charge >= 0.3 is 0 Å². The number of nitrogens with one attached hydrogen (secondary N) is 1. The topological polar surface area (TPSA) is 12.0 Å². The molecule has 13 heavy (non-hydrogen) atoms. The molecule has 2 fully saturated rings. The summed E-state index contributed by atoms with van der Waals surface area (Å²) in [6, 6.07) is 0. The highest BCUT2D eigenvalue weighted by Gasteiger charge is 2.20. The molecule has 0 aromatic rings. The largest absolute Gasteiger partial charge is 0.317 e. The average molecular weight is 199 g/mol. The van der Waals surface area contributed by atoms with E-state index < -0.39 is 0 Å². The molecular formula is C11H21NS. The highest BCUT2D eigenvalue weighted by molar-refractivity contribution is 7.99. The van der Waals surface area contributed by atoms with Gasteiger partial charge in [0.05, 0.1) is 0 Å². The monoisotopic (exact) mass is 199 g/mol. The first kappa shape index (κ1) is 9.85. The molecule has 2 saturated heterocycles. The Bertz CT molecular complexity index is 121. The Morgan fingerprint density at radius 1 is 0.923 bits per heavy atom. The van der Waals surface area contributed by atoms with Crippen molar-refractivity contribution < 1.29 is 0 Å². The molecule has 0 aromatic heterocycles. The normalized spacial score (nSPS) is 27.7. The molecule has 2 aliphatic rings. The quantitative estimate of drug-likeness (QED) is 0.733. The molecule has 0 unspecified atom stereocenters. The Balaban J connectivity index is 1.69. The number of piperidine rings is 1. The zero-order valence-electron chi connectivity index (χ0n) is 8.43. The van der Waals surface area contributed by atoms with Crippen LogP contribution >= 0.6 is 11.8 Å². The van der Waals surface area contributed by atoms with Crippen molar-refractivity contribution in [2.75, 3.05) is 24.6 Å². The van der Waals surface area contributed by atoms with Crippen molar-refractivity contribution in [1.82, 2.24) is 5.32 Å². The fourth-order valence-electron chi connectivity index (χ4n) is 2.57. The summed E-state index contributed by atoms with van der Waals surface area (Å²) in [5.41, 5.74) is 0. The fraction of sp³-hybridized carbons (Fsp3) is 1.00. The van der Waals surface area contributed by atoms with Gasteiger partial charge in [0.1, 0.15) is 0 Å². The SMILES string of the molecule is C1CC(CC2CCSCC2)CCN1. The van der Waals surface area contributed by atoms with Crippen LogP contribution in [0, 0.1) is 11.8 Å². The smallest absolute Gasteiger partial charge is 0.00463 e. The first-order valence-corrected chi connectivity index (χ1v) is 6.89. The molecular weight excluding hydrogens is 178 g/mol. The Labute approximate surface area is 86.0 Å². The van der Waals surface area contributed by atoms with E-state index in [1.807, 2.05) is 0 Å². The summed E-state index contributed by atoms with van der Waals surface area (Å²) in [5.74, 6) is 4.98. The third-order valence-corrected chi connectivity index (χ3v) is 4.52. The summed E-state index contributed by atoms with van der Waals surface area (Å²) in [6.07, 6.45) is 7.39. The molecule has 0 saturated carbocycles. The molecule has 0 bridgehead atoms. The molecule has 2 aliphatic heterocycles. The van der Waals surface area contributed by atoms with E-state index in [0.29, 0.717) is 0 Å². The minimum absolute atomic E-state index is 1.05. The second kappa shape index (κ2) is 5.26. The molecule has 0 aliphatic carbocycles. The Kier molecular flexibility index (Phi) is 3.98. The van der Waals surface area contributed by atoms with Gasteiger partial charge in [0.2, 0.25) is 0 Å². The van der Waals surface area contributed by atoms with Crippen LogP contribution in [0.1, 0.15) is 32.1 Å². The number of thioether (sulfide) groups is 1. The minimum Gasteiger partial charge on any atom is -0.317 e. The summed E-state index contributed by atoms with van der Waals surface area (Å²) in [6.45, 7) is 2.54. The van der Waals surface area contributed by atoms with Crippen molar-refractivity contribution in [3.05, 3.63) is 0 Å². The molecule has 2 heteroatoms. The van der Waals surface area contributed by atoms with E-state index in [4.69, 9.17) is 0 Å². The highest BCUT2D eigenvalue weighted by atomic mass is 32.2. The number of hydrogen-bond donors (Lipinski definition) is 1. The third-order valence-electron chi connectivity index (χ3n) is 3.47. The zero-order chi connectivity index (χ0) is 8.93. The zero-order valence-corrected chi connectivity index (χ0v) is 9.24. The van der Waals surface area contributed by atoms with E-state index in [1.165, 1.54) is 56.7 Å². The molecule has 0 atom stereocenters. The second-order valence-corrected chi connectivity index (χ2v) is 5.71. The van der Waals surface area contributed by atoms with E-state index in [-0.39, 0.29) is 0 Å². The van der Waals surface area contributed by atoms with E-state index >= 15 is 0 Å². The molecule has 1 nitrogen and oxygen atoms in total. The maximum absolute atomic E-state index is 3.45. The average Bonchev–Trinajstić information content (AvgIpc) is 2.21. The van der Waals surface area contributed by atoms with Gasteiger partial charge in [0.15, 0.2) is 0 Å². The molecule has 0 spiro atoms. The van der Waals surface area contributed by atoms with Crippen molar-refractivity contribution in [2.24, 2.45) is 11.8 Å². The van der Waals surface area contributed by atoms with Gasteiger partial charge in [-0.2, -0.15) is 11.8 Å². The van der Waals surface area contributed by atoms with Crippen LogP contribution in [-0.4, -0.2) is 24.6 Å². The van der Waals surface area contributed by atoms with E-state index in [0.717, 1.165) is 11.8 Å². The van der Waals surface area contributed by atoms with E-state index in [2.05, 4.69) is 17.1 Å². The van der Waals surface area contributed by atoms with Gasteiger partial charge in [-0.3, -0.25) is 0 Å². The Morgan fingerprint density at radius 2 is 1.54 bits per heavy atom. The van der Waals surface area contributed by atoms with E-state index in [1.54, 1.807) is 0 Å². The summed E-state index contributed by atoms with van der Waals surface area (Å²) in [4.78, 5) is 0. The molecule has 0 amide bonds. The lowest BCUT2D eigenvalue weighted by molar-refractivity contribution is 0.288. The van der Waals surface area contributed by atoms with Crippen molar-refractivity contribution >= 4 is 11.8 Å². The first-order chi connectivity index (χ1) is 6.45. The summed E-state index contributed by atoms with van der Waals surface area (Å²) in [5, 5.41) is 3.45. The summed E-state index contributed by atoms with van der Waals surface area (Å²) >= 11 is 2.15. The molecule has 1 N–H and O–H groups in total. The van der Waals surface area contributed by atoms with Gasteiger partial charge in [-0.05, 0) is 68.5 Å². The second-order valence-electron chi connectivity index (χ2n) is 4.48. The molecule has 0 radical (unpaired) electrons. The third kappa shape index (κ3) is 3.17. The van der Waals surface area contributed by atoms with E-state index in [9.17, 15) is 0 Å². The summed E-state index contributed by atoms with van der Waals surface area (Å²) < 4.78 is 0. The fourth-order valence-corrected chi connectivity index (χ4v) is 3.78. The predicted molar refractivity (Wildman–Crippen MR) is 60.3 cm³/mol. The van der Waals surface area contributed by atoms with Crippen LogP contribution in [-0.2, 0) is 0 Å². The lowest BCUT2D eigenvalue weighted by atomic mass is 9.85. The van der Waals surface area contributed by atoms with Crippen molar-refractivity contribution in [2.45, 2.75) is 32.1 Å². The van der Waals surface area contributed by atoms with Crippen molar-refractivity contribution in [3.8, 4) is 0 Å². The van der Waals surface area contributed by atoms with Crippen LogP contribution < -0.4 is 5.32 Å². The van der Waals surface area contributed by atoms with Crippen LogP contribution in [0.2, 0.25) is 0 Å². The van der Waals surface area contributed by atoms with Gasteiger partial charge in [-0.25, -0.2) is 0 Å². The number of hydrogen-bond acceptors (Lipinski definition) is 2. The van der Waals surface area contributed by atoms with Gasteiger partial charge in [-0.15, -0.1) is 0 Å². The van der Waals surface area contributed by atoms with Crippen molar-refractivity contribution in [1.29, 1.82) is 0 Å². The van der Waals surface area contributed by atoms with Crippen LogP contribution in [0.3, 0.4) is 0 Å². The lowest BCUT2D eigenvalue weighted by Crippen LogP contribution is -2.29. The maximum atomic E-state index is 3.45. The maximum Gasteiger partial charge on any atom is -0.00463 e. The van der Waals surface area contributed by atoms with Crippen LogP contribution in [0.5, 0.6) is 0 Å². The minimum atomic E-state index is 1.05. The predicted octanol–water partition coefficient (Wildman–Crippen LogP) is 2.52. The Hall–Kier alpha value is 0.310. The van der Waals surface area contributed by atoms with Gasteiger partial charge in [-0.1, -0.05) is 0 Å². The molecule has 0 aromatic carbocycles. The first-order valence-electron chi connectivity index (χ1n) is 5.73. The standard InChI is InChI=1S/C11H21NS/c1-5-12-6-2-10(1)9-11-3-7-13-8-4-11/h10-12H,1-9H2. The highest BCUT2D eigenvalue weighted by Crippen LogP contribution is 2.30. The molecule has 76 valence electrons. The molecule has 2 heterocycles. The van der Waals surface area contributed by atoms with Gasteiger partial charge in [0, 0.05) is 0 Å². The van der Waals surface area contributed by atoms with Crippen LogP contribution in [0.15, 0.2) is 0 Å². The Morgan fingerprint density at radius 3 is 2.23 bits per heavy atom. The van der Waals surface area contributed by atoms with Crippen molar-refractivity contribution in [3.63, 3.8) is 0 Å². The van der Waals surface area contributed by atoms with Gasteiger partial charge < -0.3 is 5.32 Å². The van der Waals surface area contributed by atoms with Crippen LogP contribution in [0.4, 0.5) is 0 Å². The molecule has 2 rings (SSSR count).